The summed E-state index contributed by atoms with van der Waals surface area (Å²) in [6, 6.07) is 16.1. The topological polar surface area (TPSA) is 18.5 Å². The number of ether oxygens (including phenoxy) is 2. The van der Waals surface area contributed by atoms with Crippen LogP contribution in [0.15, 0.2) is 53.0 Å². The minimum atomic E-state index is -0.757. The molecule has 124 valence electrons. The van der Waals surface area contributed by atoms with Crippen LogP contribution >= 0.6 is 15.9 Å². The van der Waals surface area contributed by atoms with Crippen molar-refractivity contribution in [3.05, 3.63) is 58.6 Å². The third kappa shape index (κ3) is 5.39. The third-order valence-corrected chi connectivity index (χ3v) is 8.23. The molecule has 0 saturated heterocycles. The van der Waals surface area contributed by atoms with Crippen molar-refractivity contribution in [3.8, 4) is 11.5 Å². The first-order valence-corrected chi connectivity index (χ1v) is 11.7. The molecule has 2 rings (SSSR count). The van der Waals surface area contributed by atoms with Crippen molar-refractivity contribution in [2.45, 2.75) is 38.6 Å². The van der Waals surface area contributed by atoms with Crippen molar-refractivity contribution < 1.29 is 9.47 Å². The van der Waals surface area contributed by atoms with Crippen molar-refractivity contribution >= 4 is 24.7 Å². The van der Waals surface area contributed by atoms with Gasteiger partial charge in [-0.25, -0.2) is 0 Å². The zero-order valence-electron chi connectivity index (χ0n) is 14.3. The molecule has 0 aliphatic carbocycles. The molecule has 0 aliphatic rings. The predicted molar refractivity (Wildman–Crippen MR) is 103 cm³/mol. The van der Waals surface area contributed by atoms with Gasteiger partial charge in [-0.15, -0.1) is 0 Å². The Labute approximate surface area is 149 Å². The maximum absolute atomic E-state index is 6.01. The van der Waals surface area contributed by atoms with Crippen molar-refractivity contribution in [1.29, 1.82) is 0 Å². The predicted octanol–water partition coefficient (Wildman–Crippen LogP) is 5.67. The first-order valence-electron chi connectivity index (χ1n) is 7.97. The zero-order valence-corrected chi connectivity index (χ0v) is 17.0. The Morgan fingerprint density at radius 3 is 2.30 bits per heavy atom. The third-order valence-electron chi connectivity index (χ3n) is 4.31. The fraction of sp³-hybridized carbons (Fsp3) is 0.368. The van der Waals surface area contributed by atoms with Crippen LogP contribution in [-0.4, -0.2) is 15.4 Å². The van der Waals surface area contributed by atoms with Crippen LogP contribution in [0.25, 0.3) is 0 Å². The summed E-state index contributed by atoms with van der Waals surface area (Å²) in [4.78, 5) is 0. The Kier molecular flexibility index (Phi) is 6.30. The highest BCUT2D eigenvalue weighted by Gasteiger charge is 2.24. The largest absolute Gasteiger partial charge is 0.492 e. The lowest BCUT2D eigenvalue weighted by molar-refractivity contribution is 0.273. The van der Waals surface area contributed by atoms with E-state index in [0.717, 1.165) is 28.1 Å². The molecule has 0 unspecified atom stereocenters. The number of halogens is 1. The Morgan fingerprint density at radius 2 is 1.70 bits per heavy atom. The number of hydrogen-bond donors (Lipinski definition) is 0. The highest BCUT2D eigenvalue weighted by atomic mass is 79.9. The lowest BCUT2D eigenvalue weighted by atomic mass is 10.2. The van der Waals surface area contributed by atoms with E-state index in [0.29, 0.717) is 6.61 Å². The van der Waals surface area contributed by atoms with E-state index in [4.69, 9.17) is 9.47 Å². The van der Waals surface area contributed by atoms with Gasteiger partial charge in [-0.1, -0.05) is 57.3 Å². The van der Waals surface area contributed by atoms with Crippen LogP contribution in [0, 0.1) is 0 Å². The maximum atomic E-state index is 6.01. The van der Waals surface area contributed by atoms with Gasteiger partial charge < -0.3 is 9.47 Å². The molecule has 0 aromatic heterocycles. The molecular formula is C19H25BrO2Si. The molecular weight excluding hydrogens is 368 g/mol. The van der Waals surface area contributed by atoms with E-state index in [1.54, 1.807) is 0 Å². The van der Waals surface area contributed by atoms with Gasteiger partial charge in [0.2, 0.25) is 0 Å². The molecule has 0 radical (unpaired) electrons. The molecule has 2 aromatic rings. The maximum Gasteiger partial charge on any atom is 0.133 e. The molecule has 2 aromatic carbocycles. The van der Waals surface area contributed by atoms with Crippen LogP contribution in [-0.2, 0) is 6.61 Å². The van der Waals surface area contributed by atoms with Gasteiger partial charge in [-0.05, 0) is 44.7 Å². The highest BCUT2D eigenvalue weighted by Crippen LogP contribution is 2.33. The number of hydrogen-bond acceptors (Lipinski definition) is 2. The molecule has 0 N–H and O–H groups in total. The lowest BCUT2D eigenvalue weighted by Crippen LogP contribution is -2.27. The van der Waals surface area contributed by atoms with E-state index in [-0.39, 0.29) is 5.04 Å². The smallest absolute Gasteiger partial charge is 0.133 e. The van der Waals surface area contributed by atoms with Crippen LogP contribution in [0.3, 0.4) is 0 Å². The van der Waals surface area contributed by atoms with E-state index < -0.39 is 8.80 Å². The summed E-state index contributed by atoms with van der Waals surface area (Å²) in [6.07, 6.45) is 0. The van der Waals surface area contributed by atoms with E-state index in [1.165, 1.54) is 0 Å². The van der Waals surface area contributed by atoms with Crippen molar-refractivity contribution in [2.75, 3.05) is 6.61 Å². The van der Waals surface area contributed by atoms with Crippen LogP contribution in [0.1, 0.15) is 19.4 Å². The average molecular weight is 393 g/mol. The van der Waals surface area contributed by atoms with Gasteiger partial charge in [0.25, 0.3) is 0 Å². The summed E-state index contributed by atoms with van der Waals surface area (Å²) in [6.45, 7) is 10.6. The van der Waals surface area contributed by atoms with Gasteiger partial charge >= 0.3 is 0 Å². The molecule has 0 saturated carbocycles. The van der Waals surface area contributed by atoms with E-state index >= 15 is 0 Å². The van der Waals surface area contributed by atoms with Gasteiger partial charge in [-0.2, -0.15) is 0 Å². The van der Waals surface area contributed by atoms with Gasteiger partial charge in [0.15, 0.2) is 0 Å². The van der Waals surface area contributed by atoms with Crippen LogP contribution in [0.5, 0.6) is 11.5 Å². The highest BCUT2D eigenvalue weighted by molar-refractivity contribution is 9.10. The number of rotatable bonds is 7. The fourth-order valence-corrected chi connectivity index (χ4v) is 2.75. The van der Waals surface area contributed by atoms with E-state index in [1.807, 2.05) is 36.4 Å². The Morgan fingerprint density at radius 1 is 1.00 bits per heavy atom. The zero-order chi connectivity index (χ0) is 16.9. The Bertz CT molecular complexity index is 627. The Balaban J connectivity index is 1.95. The monoisotopic (exact) mass is 392 g/mol. The molecule has 0 spiro atoms. The van der Waals surface area contributed by atoms with Crippen molar-refractivity contribution in [3.63, 3.8) is 0 Å². The second-order valence-electron chi connectivity index (χ2n) is 6.80. The minimum Gasteiger partial charge on any atom is -0.492 e. The SMILES string of the molecule is C[SiH](C)C(C)(C)COc1ccc(OCc2ccccc2)cc1Br. The first-order chi connectivity index (χ1) is 10.9. The summed E-state index contributed by atoms with van der Waals surface area (Å²) < 4.78 is 12.8. The van der Waals surface area contributed by atoms with Gasteiger partial charge in [0.1, 0.15) is 18.1 Å². The minimum absolute atomic E-state index is 0.280. The lowest BCUT2D eigenvalue weighted by Gasteiger charge is -2.28. The molecule has 0 fully saturated rings. The molecule has 2 nitrogen and oxygen atoms in total. The normalized spacial score (nSPS) is 11.6. The van der Waals surface area contributed by atoms with E-state index in [2.05, 4.69) is 55.0 Å². The number of benzene rings is 2. The second kappa shape index (κ2) is 8.02. The molecule has 0 bridgehead atoms. The summed E-state index contributed by atoms with van der Waals surface area (Å²) in [5.41, 5.74) is 1.16. The Hall–Kier alpha value is -1.26. The van der Waals surface area contributed by atoms with Gasteiger partial charge in [-0.3, -0.25) is 0 Å². The van der Waals surface area contributed by atoms with Crippen molar-refractivity contribution in [2.24, 2.45) is 0 Å². The molecule has 23 heavy (non-hydrogen) atoms. The summed E-state index contributed by atoms with van der Waals surface area (Å²) in [5, 5.41) is 0.280. The van der Waals surface area contributed by atoms with Crippen molar-refractivity contribution in [1.82, 2.24) is 0 Å². The van der Waals surface area contributed by atoms with Crippen LogP contribution in [0.2, 0.25) is 18.1 Å². The molecule has 0 amide bonds. The van der Waals surface area contributed by atoms with Gasteiger partial charge in [0.05, 0.1) is 11.1 Å². The van der Waals surface area contributed by atoms with Crippen LogP contribution in [0.4, 0.5) is 0 Å². The fourth-order valence-electron chi connectivity index (χ4n) is 1.86. The molecule has 0 heterocycles. The first kappa shape index (κ1) is 18.1. The summed E-state index contributed by atoms with van der Waals surface area (Å²) in [5.74, 6) is 1.71. The van der Waals surface area contributed by atoms with Crippen LogP contribution < -0.4 is 9.47 Å². The quantitative estimate of drug-likeness (QED) is 0.564. The second-order valence-corrected chi connectivity index (χ2v) is 11.5. The average Bonchev–Trinajstić information content (AvgIpc) is 2.53. The van der Waals surface area contributed by atoms with E-state index in [9.17, 15) is 0 Å². The summed E-state index contributed by atoms with van der Waals surface area (Å²) >= 11 is 3.58. The molecule has 0 aliphatic heterocycles. The summed E-state index contributed by atoms with van der Waals surface area (Å²) in [7, 11) is -0.757. The molecule has 0 atom stereocenters. The molecule has 4 heteroatoms. The van der Waals surface area contributed by atoms with Gasteiger partial charge in [0, 0.05) is 8.80 Å². The standard InChI is InChI=1S/C19H25BrO2Si/c1-19(2,23(3)4)14-22-18-11-10-16(12-17(18)20)21-13-15-8-6-5-7-9-15/h5-12,23H,13-14H2,1-4H3.